The standard InChI is InChI=1S/C15H27N5O6/c1-7(2)5-10(20-13(23)8(16)6-12(18)22)14(24)19-9(15(25)26)3-4-11(17)21/h7-10H,3-6,16H2,1-2H3,(H2,17,21)(H2,18,22)(H,19,24)(H,20,23)(H,25,26)/t8-,9-,10-/m0/s1. The predicted molar refractivity (Wildman–Crippen MR) is 91.2 cm³/mol. The van der Waals surface area contributed by atoms with Crippen LogP contribution in [-0.2, 0) is 24.0 Å². The van der Waals surface area contributed by atoms with E-state index in [0.717, 1.165) is 0 Å². The molecule has 0 saturated carbocycles. The third kappa shape index (κ3) is 9.57. The Labute approximate surface area is 151 Å². The number of carbonyl (C=O) groups excluding carboxylic acids is 4. The average molecular weight is 373 g/mol. The zero-order valence-corrected chi connectivity index (χ0v) is 14.9. The molecule has 3 atom stereocenters. The van der Waals surface area contributed by atoms with Crippen LogP contribution in [0.3, 0.4) is 0 Å². The molecule has 0 saturated heterocycles. The molecule has 0 rings (SSSR count). The van der Waals surface area contributed by atoms with E-state index in [1.165, 1.54) is 0 Å². The molecule has 11 heteroatoms. The molecule has 0 radical (unpaired) electrons. The zero-order chi connectivity index (χ0) is 20.4. The topological polar surface area (TPSA) is 208 Å². The average Bonchev–Trinajstić information content (AvgIpc) is 2.48. The van der Waals surface area contributed by atoms with Crippen LogP contribution in [0.4, 0.5) is 0 Å². The van der Waals surface area contributed by atoms with Gasteiger partial charge < -0.3 is 32.9 Å². The lowest BCUT2D eigenvalue weighted by Crippen LogP contribution is -2.55. The maximum atomic E-state index is 12.4. The van der Waals surface area contributed by atoms with Gasteiger partial charge >= 0.3 is 5.97 Å². The van der Waals surface area contributed by atoms with Crippen molar-refractivity contribution >= 4 is 29.6 Å². The van der Waals surface area contributed by atoms with Crippen LogP contribution < -0.4 is 27.8 Å². The van der Waals surface area contributed by atoms with Gasteiger partial charge in [0.2, 0.25) is 23.6 Å². The Bertz CT molecular complexity index is 551. The van der Waals surface area contributed by atoms with E-state index in [1.54, 1.807) is 13.8 Å². The van der Waals surface area contributed by atoms with E-state index < -0.39 is 54.1 Å². The number of nitrogens with two attached hydrogens (primary N) is 3. The van der Waals surface area contributed by atoms with Crippen molar-refractivity contribution in [2.24, 2.45) is 23.1 Å². The lowest BCUT2D eigenvalue weighted by molar-refractivity contribution is -0.142. The molecule has 0 aliphatic rings. The largest absolute Gasteiger partial charge is 0.480 e. The molecule has 0 unspecified atom stereocenters. The normalized spacial score (nSPS) is 14.2. The van der Waals surface area contributed by atoms with Gasteiger partial charge in [0.25, 0.3) is 0 Å². The van der Waals surface area contributed by atoms with E-state index in [4.69, 9.17) is 22.3 Å². The first-order chi connectivity index (χ1) is 11.9. The van der Waals surface area contributed by atoms with Gasteiger partial charge in [-0.05, 0) is 18.8 Å². The number of hydrogen-bond acceptors (Lipinski definition) is 6. The van der Waals surface area contributed by atoms with Crippen LogP contribution in [0.1, 0.15) is 39.5 Å². The number of carbonyl (C=O) groups is 5. The van der Waals surface area contributed by atoms with Gasteiger partial charge in [-0.15, -0.1) is 0 Å². The van der Waals surface area contributed by atoms with Gasteiger partial charge in [-0.1, -0.05) is 13.8 Å². The summed E-state index contributed by atoms with van der Waals surface area (Å²) < 4.78 is 0. The lowest BCUT2D eigenvalue weighted by Gasteiger charge is -2.23. The highest BCUT2D eigenvalue weighted by Crippen LogP contribution is 2.07. The quantitative estimate of drug-likeness (QED) is 0.217. The van der Waals surface area contributed by atoms with E-state index >= 15 is 0 Å². The van der Waals surface area contributed by atoms with Crippen molar-refractivity contribution in [3.05, 3.63) is 0 Å². The van der Waals surface area contributed by atoms with Crippen LogP contribution in [0.2, 0.25) is 0 Å². The van der Waals surface area contributed by atoms with Crippen LogP contribution in [-0.4, -0.2) is 52.8 Å². The molecule has 0 spiro atoms. The first-order valence-corrected chi connectivity index (χ1v) is 8.09. The molecule has 4 amide bonds. The number of carboxylic acid groups (broad SMARTS) is 1. The molecule has 26 heavy (non-hydrogen) atoms. The summed E-state index contributed by atoms with van der Waals surface area (Å²) in [5, 5.41) is 13.8. The van der Waals surface area contributed by atoms with Gasteiger partial charge in [0.15, 0.2) is 0 Å². The van der Waals surface area contributed by atoms with Gasteiger partial charge in [0.05, 0.1) is 12.5 Å². The van der Waals surface area contributed by atoms with Crippen LogP contribution in [0.25, 0.3) is 0 Å². The maximum Gasteiger partial charge on any atom is 0.326 e. The van der Waals surface area contributed by atoms with Crippen molar-refractivity contribution in [2.75, 3.05) is 0 Å². The molecule has 0 aromatic carbocycles. The lowest BCUT2D eigenvalue weighted by atomic mass is 10.0. The molecule has 0 aliphatic carbocycles. The SMILES string of the molecule is CC(C)C[C@H](NC(=O)[C@@H](N)CC(N)=O)C(=O)N[C@@H](CCC(N)=O)C(=O)O. The Morgan fingerprint density at radius 1 is 0.923 bits per heavy atom. The minimum atomic E-state index is -1.33. The Morgan fingerprint density at radius 2 is 1.46 bits per heavy atom. The molecule has 0 heterocycles. The highest BCUT2D eigenvalue weighted by Gasteiger charge is 2.29. The van der Waals surface area contributed by atoms with Crippen LogP contribution in [0.15, 0.2) is 0 Å². The van der Waals surface area contributed by atoms with Crippen molar-refractivity contribution in [2.45, 2.75) is 57.7 Å². The number of aliphatic carboxylic acids is 1. The molecule has 0 aromatic heterocycles. The van der Waals surface area contributed by atoms with Gasteiger partial charge in [0.1, 0.15) is 12.1 Å². The Balaban J connectivity index is 5.05. The van der Waals surface area contributed by atoms with E-state index in [2.05, 4.69) is 10.6 Å². The number of rotatable bonds is 12. The van der Waals surface area contributed by atoms with Crippen LogP contribution in [0.5, 0.6) is 0 Å². The Kier molecular flexibility index (Phi) is 9.89. The fraction of sp³-hybridized carbons (Fsp3) is 0.667. The van der Waals surface area contributed by atoms with Crippen molar-refractivity contribution in [1.82, 2.24) is 10.6 Å². The molecule has 0 aliphatic heterocycles. The zero-order valence-electron chi connectivity index (χ0n) is 14.9. The van der Waals surface area contributed by atoms with Crippen molar-refractivity contribution < 1.29 is 29.1 Å². The number of hydrogen-bond donors (Lipinski definition) is 6. The van der Waals surface area contributed by atoms with Gasteiger partial charge in [0, 0.05) is 6.42 Å². The number of nitrogens with one attached hydrogen (secondary N) is 2. The summed E-state index contributed by atoms with van der Waals surface area (Å²) in [7, 11) is 0. The molecule has 0 bridgehead atoms. The summed E-state index contributed by atoms with van der Waals surface area (Å²) in [5.41, 5.74) is 15.5. The molecule has 148 valence electrons. The highest BCUT2D eigenvalue weighted by atomic mass is 16.4. The fourth-order valence-corrected chi connectivity index (χ4v) is 2.11. The molecule has 9 N–H and O–H groups in total. The van der Waals surface area contributed by atoms with Crippen molar-refractivity contribution in [3.63, 3.8) is 0 Å². The molecule has 0 aromatic rings. The second-order valence-electron chi connectivity index (χ2n) is 6.37. The van der Waals surface area contributed by atoms with Crippen LogP contribution in [0, 0.1) is 5.92 Å². The predicted octanol–water partition coefficient (Wildman–Crippen LogP) is -2.45. The van der Waals surface area contributed by atoms with Gasteiger partial charge in [-0.25, -0.2) is 4.79 Å². The minimum Gasteiger partial charge on any atom is -0.480 e. The molecular weight excluding hydrogens is 346 g/mol. The van der Waals surface area contributed by atoms with E-state index in [1.807, 2.05) is 0 Å². The summed E-state index contributed by atoms with van der Waals surface area (Å²) in [4.78, 5) is 57.3. The maximum absolute atomic E-state index is 12.4. The van der Waals surface area contributed by atoms with Gasteiger partial charge in [-0.2, -0.15) is 0 Å². The van der Waals surface area contributed by atoms with E-state index in [-0.39, 0.29) is 25.2 Å². The summed E-state index contributed by atoms with van der Waals surface area (Å²) in [6.45, 7) is 3.61. The minimum absolute atomic E-state index is 0.00712. The Hall–Kier alpha value is -2.69. The second kappa shape index (κ2) is 11.0. The number of amides is 4. The fourth-order valence-electron chi connectivity index (χ4n) is 2.11. The Morgan fingerprint density at radius 3 is 1.88 bits per heavy atom. The number of primary amides is 2. The van der Waals surface area contributed by atoms with Crippen molar-refractivity contribution in [3.8, 4) is 0 Å². The molecular formula is C15H27N5O6. The summed E-state index contributed by atoms with van der Waals surface area (Å²) in [6, 6.07) is -3.61. The third-order valence-corrected chi connectivity index (χ3v) is 3.39. The first kappa shape index (κ1) is 23.3. The number of carboxylic acids is 1. The summed E-state index contributed by atoms with van der Waals surface area (Å²) >= 11 is 0. The van der Waals surface area contributed by atoms with Crippen LogP contribution >= 0.6 is 0 Å². The third-order valence-electron chi connectivity index (χ3n) is 3.39. The smallest absolute Gasteiger partial charge is 0.326 e. The first-order valence-electron chi connectivity index (χ1n) is 8.09. The summed E-state index contributed by atoms with van der Waals surface area (Å²) in [5.74, 6) is -4.30. The van der Waals surface area contributed by atoms with E-state index in [0.29, 0.717) is 0 Å². The highest BCUT2D eigenvalue weighted by molar-refractivity contribution is 5.93. The molecule has 11 nitrogen and oxygen atoms in total. The molecule has 0 fully saturated rings. The monoisotopic (exact) mass is 373 g/mol. The van der Waals surface area contributed by atoms with E-state index in [9.17, 15) is 24.0 Å². The van der Waals surface area contributed by atoms with Gasteiger partial charge in [-0.3, -0.25) is 19.2 Å². The van der Waals surface area contributed by atoms with Crippen molar-refractivity contribution in [1.29, 1.82) is 0 Å². The summed E-state index contributed by atoms with van der Waals surface area (Å²) in [6.07, 6.45) is -0.580. The second-order valence-corrected chi connectivity index (χ2v) is 6.37.